The molecule has 0 aromatic carbocycles. The fourth-order valence-corrected chi connectivity index (χ4v) is 3.39. The normalized spacial score (nSPS) is 19.7. The first-order chi connectivity index (χ1) is 8.63. The number of nitrogens with zero attached hydrogens (tertiary/aromatic N) is 2. The van der Waals surface area contributed by atoms with Crippen LogP contribution in [0.1, 0.15) is 32.6 Å². The Morgan fingerprint density at radius 1 is 1.45 bits per heavy atom. The fraction of sp³-hybridized carbons (Fsp3) is 0.364. The first-order valence-electron chi connectivity index (χ1n) is 5.59. The monoisotopic (exact) mass is 352 g/mol. The molecular weight excluding hydrogens is 339 g/mol. The molecule has 9 heteroatoms. The van der Waals surface area contributed by atoms with Crippen molar-refractivity contribution in [3.63, 3.8) is 0 Å². The Hall–Kier alpha value is -0.730. The number of carbonyl (C=O) groups is 1. The summed E-state index contributed by atoms with van der Waals surface area (Å²) in [5.74, 6) is 0.309. The first kappa shape index (κ1) is 17.3. The SMILES string of the molecule is Cc1nnc(NC(=O)c2csc([C@@H]3C[C@H]3N)c2)s1.Cl.Cl. The van der Waals surface area contributed by atoms with Crippen molar-refractivity contribution >= 4 is 58.5 Å². The number of aryl methyl sites for hydroxylation is 1. The van der Waals surface area contributed by atoms with Crippen LogP contribution < -0.4 is 11.1 Å². The molecule has 110 valence electrons. The highest BCUT2D eigenvalue weighted by atomic mass is 35.5. The van der Waals surface area contributed by atoms with E-state index >= 15 is 0 Å². The molecule has 0 aliphatic heterocycles. The van der Waals surface area contributed by atoms with Gasteiger partial charge in [-0.2, -0.15) is 0 Å². The van der Waals surface area contributed by atoms with E-state index in [4.69, 9.17) is 5.73 Å². The quantitative estimate of drug-likeness (QED) is 0.889. The molecule has 0 bridgehead atoms. The summed E-state index contributed by atoms with van der Waals surface area (Å²) >= 11 is 2.96. The number of rotatable bonds is 3. The predicted molar refractivity (Wildman–Crippen MR) is 86.7 cm³/mol. The standard InChI is InChI=1S/C11H12N4OS2.2ClH/c1-5-14-15-11(18-5)13-10(16)6-2-9(17-4-6)7-3-8(7)12;;/h2,4,7-8H,3,12H2,1H3,(H,13,15,16);2*1H/t7-,8-;;/m1../s1. The molecule has 2 aromatic rings. The molecule has 2 heterocycles. The maximum Gasteiger partial charge on any atom is 0.258 e. The minimum absolute atomic E-state index is 0. The molecule has 20 heavy (non-hydrogen) atoms. The van der Waals surface area contributed by atoms with Gasteiger partial charge < -0.3 is 5.73 Å². The van der Waals surface area contributed by atoms with E-state index in [1.807, 2.05) is 18.4 Å². The van der Waals surface area contributed by atoms with Gasteiger partial charge in [0.05, 0.1) is 5.56 Å². The van der Waals surface area contributed by atoms with Crippen molar-refractivity contribution in [3.05, 3.63) is 26.9 Å². The second kappa shape index (κ2) is 6.82. The number of nitrogens with one attached hydrogen (secondary N) is 1. The molecule has 3 rings (SSSR count). The molecule has 2 atom stereocenters. The van der Waals surface area contributed by atoms with Crippen LogP contribution in [0.5, 0.6) is 0 Å². The van der Waals surface area contributed by atoms with Crippen LogP contribution in [0.25, 0.3) is 0 Å². The molecule has 0 spiro atoms. The molecule has 1 aliphatic rings. The van der Waals surface area contributed by atoms with E-state index in [1.165, 1.54) is 16.2 Å². The minimum atomic E-state index is -0.136. The Kier molecular flexibility index (Phi) is 5.91. The summed E-state index contributed by atoms with van der Waals surface area (Å²) in [6.07, 6.45) is 1.02. The lowest BCUT2D eigenvalue weighted by molar-refractivity contribution is 0.102. The van der Waals surface area contributed by atoms with Gasteiger partial charge in [0.2, 0.25) is 5.13 Å². The van der Waals surface area contributed by atoms with Crippen LogP contribution in [0.3, 0.4) is 0 Å². The van der Waals surface area contributed by atoms with Crippen LogP contribution in [0.4, 0.5) is 5.13 Å². The lowest BCUT2D eigenvalue weighted by Gasteiger charge is -1.96. The van der Waals surface area contributed by atoms with Crippen molar-refractivity contribution in [2.45, 2.75) is 25.3 Å². The van der Waals surface area contributed by atoms with E-state index in [0.29, 0.717) is 16.6 Å². The van der Waals surface area contributed by atoms with E-state index in [1.54, 1.807) is 11.3 Å². The maximum absolute atomic E-state index is 12.0. The van der Waals surface area contributed by atoms with Gasteiger partial charge in [-0.15, -0.1) is 46.3 Å². The number of aromatic nitrogens is 2. The molecule has 3 N–H and O–H groups in total. The zero-order valence-electron chi connectivity index (χ0n) is 10.5. The van der Waals surface area contributed by atoms with E-state index in [9.17, 15) is 4.79 Å². The van der Waals surface area contributed by atoms with Crippen LogP contribution in [-0.2, 0) is 0 Å². The highest BCUT2D eigenvalue weighted by Gasteiger charge is 2.36. The summed E-state index contributed by atoms with van der Waals surface area (Å²) in [6, 6.07) is 2.19. The number of amides is 1. The maximum atomic E-state index is 12.0. The predicted octanol–water partition coefficient (Wildman–Crippen LogP) is 2.82. The lowest BCUT2D eigenvalue weighted by Crippen LogP contribution is -2.10. The van der Waals surface area contributed by atoms with Gasteiger partial charge in [0, 0.05) is 22.2 Å². The zero-order valence-corrected chi connectivity index (χ0v) is 13.8. The molecule has 0 unspecified atom stereocenters. The third-order valence-electron chi connectivity index (χ3n) is 2.83. The number of carbonyl (C=O) groups excluding carboxylic acids is 1. The number of hydrogen-bond donors (Lipinski definition) is 2. The fourth-order valence-electron chi connectivity index (χ4n) is 1.72. The lowest BCUT2D eigenvalue weighted by atomic mass is 10.2. The summed E-state index contributed by atoms with van der Waals surface area (Å²) in [7, 11) is 0. The highest BCUT2D eigenvalue weighted by molar-refractivity contribution is 7.15. The van der Waals surface area contributed by atoms with Crippen molar-refractivity contribution in [1.82, 2.24) is 10.2 Å². The van der Waals surface area contributed by atoms with Crippen molar-refractivity contribution in [2.75, 3.05) is 5.32 Å². The Morgan fingerprint density at radius 2 is 2.15 bits per heavy atom. The van der Waals surface area contributed by atoms with Crippen LogP contribution in [0, 0.1) is 6.92 Å². The van der Waals surface area contributed by atoms with Gasteiger partial charge >= 0.3 is 0 Å². The third-order valence-corrected chi connectivity index (χ3v) is 4.65. The number of thiophene rings is 1. The van der Waals surface area contributed by atoms with E-state index in [-0.39, 0.29) is 36.8 Å². The van der Waals surface area contributed by atoms with Gasteiger partial charge in [-0.05, 0) is 19.4 Å². The van der Waals surface area contributed by atoms with Crippen LogP contribution in [0.2, 0.25) is 0 Å². The van der Waals surface area contributed by atoms with E-state index < -0.39 is 0 Å². The summed E-state index contributed by atoms with van der Waals surface area (Å²) < 4.78 is 0. The summed E-state index contributed by atoms with van der Waals surface area (Å²) in [5, 5.41) is 13.7. The number of nitrogens with two attached hydrogens (primary N) is 1. The van der Waals surface area contributed by atoms with Gasteiger partial charge in [0.25, 0.3) is 5.91 Å². The molecule has 2 aromatic heterocycles. The summed E-state index contributed by atoms with van der Waals surface area (Å²) in [5.41, 5.74) is 6.47. The molecule has 5 nitrogen and oxygen atoms in total. The Labute approximate surface area is 136 Å². The first-order valence-corrected chi connectivity index (χ1v) is 7.28. The Bertz CT molecular complexity index is 601. The van der Waals surface area contributed by atoms with Crippen molar-refractivity contribution in [1.29, 1.82) is 0 Å². The van der Waals surface area contributed by atoms with Gasteiger partial charge in [-0.1, -0.05) is 11.3 Å². The van der Waals surface area contributed by atoms with Crippen LogP contribution in [0.15, 0.2) is 11.4 Å². The average Bonchev–Trinajstić information content (AvgIpc) is 2.79. The van der Waals surface area contributed by atoms with Gasteiger partial charge in [-0.25, -0.2) is 0 Å². The van der Waals surface area contributed by atoms with Crippen molar-refractivity contribution < 1.29 is 4.79 Å². The summed E-state index contributed by atoms with van der Waals surface area (Å²) in [4.78, 5) is 13.2. The van der Waals surface area contributed by atoms with Crippen molar-refractivity contribution in [2.24, 2.45) is 5.73 Å². The second-order valence-corrected chi connectivity index (χ2v) is 6.45. The number of halogens is 2. The van der Waals surface area contributed by atoms with Crippen molar-refractivity contribution in [3.8, 4) is 0 Å². The molecular formula is C11H14Cl2N4OS2. The van der Waals surface area contributed by atoms with E-state index in [2.05, 4.69) is 15.5 Å². The van der Waals surface area contributed by atoms with E-state index in [0.717, 1.165) is 11.4 Å². The van der Waals surface area contributed by atoms with Gasteiger partial charge in [0.15, 0.2) is 0 Å². The average molecular weight is 353 g/mol. The zero-order chi connectivity index (χ0) is 12.7. The largest absolute Gasteiger partial charge is 0.327 e. The topological polar surface area (TPSA) is 80.9 Å². The van der Waals surface area contributed by atoms with Crippen LogP contribution in [-0.4, -0.2) is 22.1 Å². The van der Waals surface area contributed by atoms with Gasteiger partial charge in [-0.3, -0.25) is 10.1 Å². The smallest absolute Gasteiger partial charge is 0.258 e. The minimum Gasteiger partial charge on any atom is -0.327 e. The Morgan fingerprint density at radius 3 is 2.70 bits per heavy atom. The molecule has 1 aliphatic carbocycles. The number of anilines is 1. The number of hydrogen-bond acceptors (Lipinski definition) is 6. The van der Waals surface area contributed by atoms with Gasteiger partial charge in [0.1, 0.15) is 5.01 Å². The molecule has 1 saturated carbocycles. The molecule has 0 radical (unpaired) electrons. The second-order valence-electron chi connectivity index (χ2n) is 4.32. The molecule has 1 fully saturated rings. The molecule has 1 amide bonds. The highest BCUT2D eigenvalue weighted by Crippen LogP contribution is 2.42. The third kappa shape index (κ3) is 3.67. The Balaban J connectivity index is 0.000001000. The summed E-state index contributed by atoms with van der Waals surface area (Å²) in [6.45, 7) is 1.85. The molecule has 0 saturated heterocycles. The van der Waals surface area contributed by atoms with Crippen LogP contribution >= 0.6 is 47.5 Å².